The summed E-state index contributed by atoms with van der Waals surface area (Å²) in [4.78, 5) is 30.8. The van der Waals surface area contributed by atoms with Crippen LogP contribution in [-0.2, 0) is 4.79 Å². The highest BCUT2D eigenvalue weighted by molar-refractivity contribution is 8.19. The van der Waals surface area contributed by atoms with E-state index in [0.717, 1.165) is 55.3 Å². The van der Waals surface area contributed by atoms with Crippen LogP contribution in [0.5, 0.6) is 0 Å². The fraction of sp³-hybridized carbons (Fsp3) is 0.240. The van der Waals surface area contributed by atoms with E-state index in [1.165, 1.54) is 28.8 Å². The van der Waals surface area contributed by atoms with Gasteiger partial charge < -0.3 is 9.80 Å². The molecule has 2 aliphatic heterocycles. The van der Waals surface area contributed by atoms with Crippen LogP contribution in [0.15, 0.2) is 63.4 Å². The van der Waals surface area contributed by atoms with Crippen LogP contribution in [0.2, 0.25) is 0 Å². The zero-order chi connectivity index (χ0) is 23.8. The lowest BCUT2D eigenvalue weighted by atomic mass is 10.1. The summed E-state index contributed by atoms with van der Waals surface area (Å²) < 4.78 is 1.83. The quantitative estimate of drug-likeness (QED) is 0.382. The molecule has 35 heavy (non-hydrogen) atoms. The molecule has 0 radical (unpaired) electrons. The predicted octanol–water partition coefficient (Wildman–Crippen LogP) is 4.06. The summed E-state index contributed by atoms with van der Waals surface area (Å²) in [6, 6.07) is 12.4. The van der Waals surface area contributed by atoms with Crippen LogP contribution in [0.4, 0.5) is 5.69 Å². The van der Waals surface area contributed by atoms with Gasteiger partial charge in [-0.05, 0) is 36.9 Å². The molecule has 0 atom stereocenters. The van der Waals surface area contributed by atoms with Crippen molar-refractivity contribution in [3.05, 3.63) is 69.8 Å². The van der Waals surface area contributed by atoms with Gasteiger partial charge in [0.1, 0.15) is 10.7 Å². The van der Waals surface area contributed by atoms with Crippen LogP contribution in [0.25, 0.3) is 23.0 Å². The van der Waals surface area contributed by atoms with E-state index in [4.69, 9.17) is 5.10 Å². The summed E-state index contributed by atoms with van der Waals surface area (Å²) in [5.41, 5.74) is 7.09. The Morgan fingerprint density at radius 1 is 1.03 bits per heavy atom. The van der Waals surface area contributed by atoms with Crippen molar-refractivity contribution >= 4 is 51.5 Å². The molecule has 10 heteroatoms. The number of hydrogen-bond acceptors (Lipinski definition) is 8. The van der Waals surface area contributed by atoms with Gasteiger partial charge in [-0.15, -0.1) is 11.3 Å². The molecule has 0 unspecified atom stereocenters. The van der Waals surface area contributed by atoms with Crippen LogP contribution < -0.4 is 4.90 Å². The van der Waals surface area contributed by atoms with Crippen molar-refractivity contribution in [1.82, 2.24) is 24.5 Å². The first-order valence-electron chi connectivity index (χ1n) is 11.5. The van der Waals surface area contributed by atoms with E-state index in [-0.39, 0.29) is 5.91 Å². The minimum Gasteiger partial charge on any atom is -0.369 e. The van der Waals surface area contributed by atoms with Crippen molar-refractivity contribution in [2.75, 3.05) is 37.6 Å². The van der Waals surface area contributed by atoms with Gasteiger partial charge in [-0.1, -0.05) is 30.8 Å². The van der Waals surface area contributed by atoms with Gasteiger partial charge in [0, 0.05) is 42.8 Å². The minimum absolute atomic E-state index is 0.263. The van der Waals surface area contributed by atoms with E-state index in [2.05, 4.69) is 55.9 Å². The Hall–Kier alpha value is -3.34. The van der Waals surface area contributed by atoms with Crippen molar-refractivity contribution in [2.24, 2.45) is 4.99 Å². The Morgan fingerprint density at radius 3 is 2.60 bits per heavy atom. The number of nitrogens with zero attached hydrogens (tertiary/aromatic N) is 7. The summed E-state index contributed by atoms with van der Waals surface area (Å²) in [5.74, 6) is -0.263. The van der Waals surface area contributed by atoms with E-state index >= 15 is 0 Å². The first-order chi connectivity index (χ1) is 17.2. The third-order valence-corrected chi connectivity index (χ3v) is 7.87. The van der Waals surface area contributed by atoms with Crippen LogP contribution in [0.3, 0.4) is 0 Å². The van der Waals surface area contributed by atoms with Crippen molar-refractivity contribution in [3.8, 4) is 11.3 Å². The number of carbonyl (C=O) groups excluding carboxylic acids is 1. The Bertz CT molecular complexity index is 1430. The molecule has 0 saturated carbocycles. The average molecular weight is 502 g/mol. The number of anilines is 1. The highest BCUT2D eigenvalue weighted by Gasteiger charge is 2.24. The van der Waals surface area contributed by atoms with Gasteiger partial charge >= 0.3 is 0 Å². The van der Waals surface area contributed by atoms with E-state index in [9.17, 15) is 4.79 Å². The maximum absolute atomic E-state index is 12.4. The summed E-state index contributed by atoms with van der Waals surface area (Å²) in [7, 11) is 0. The van der Waals surface area contributed by atoms with Crippen molar-refractivity contribution in [1.29, 1.82) is 0 Å². The lowest BCUT2D eigenvalue weighted by Crippen LogP contribution is -2.46. The van der Waals surface area contributed by atoms with Gasteiger partial charge in [0.25, 0.3) is 5.91 Å². The number of rotatable bonds is 5. The lowest BCUT2D eigenvalue weighted by molar-refractivity contribution is -0.113. The van der Waals surface area contributed by atoms with Crippen LogP contribution in [-0.4, -0.2) is 68.2 Å². The van der Waals surface area contributed by atoms with E-state index in [1.54, 1.807) is 11.6 Å². The van der Waals surface area contributed by atoms with Gasteiger partial charge in [0.2, 0.25) is 0 Å². The van der Waals surface area contributed by atoms with Gasteiger partial charge in [0.15, 0.2) is 5.65 Å². The smallest absolute Gasteiger partial charge is 0.285 e. The number of imidazole rings is 1. The van der Waals surface area contributed by atoms with Gasteiger partial charge in [-0.3, -0.25) is 4.79 Å². The second kappa shape index (κ2) is 9.37. The molecule has 8 nitrogen and oxygen atoms in total. The van der Waals surface area contributed by atoms with Crippen LogP contribution in [0.1, 0.15) is 18.3 Å². The molecule has 1 fully saturated rings. The topological polar surface area (TPSA) is 79.0 Å². The maximum atomic E-state index is 12.4. The minimum atomic E-state index is -0.263. The summed E-state index contributed by atoms with van der Waals surface area (Å²) in [5, 5.41) is 7.28. The van der Waals surface area contributed by atoms with E-state index < -0.39 is 0 Å². The molecule has 176 valence electrons. The number of benzene rings is 1. The molecule has 3 aromatic heterocycles. The third kappa shape index (κ3) is 4.40. The van der Waals surface area contributed by atoms with Gasteiger partial charge in [-0.25, -0.2) is 14.5 Å². The summed E-state index contributed by atoms with van der Waals surface area (Å²) >= 11 is 2.81. The molecular formula is C25H23N7OS2. The molecule has 1 saturated heterocycles. The van der Waals surface area contributed by atoms with Gasteiger partial charge in [0.05, 0.1) is 28.0 Å². The number of thiazole rings is 1. The number of aliphatic imine (C=N–C) groups is 1. The standard InChI is InChI=1S/C25H23N7OS2/c1-2-30-9-11-31(12-10-30)19-6-3-17(4-7-19)21-14-26-23-8-5-18(29-32(21)23)13-22-24(33)28-25(35-22)20-15-34-16-27-20/h3-8,13-16H,2,9-12H2,1H3. The molecule has 0 spiro atoms. The Kier molecular flexibility index (Phi) is 5.93. The lowest BCUT2D eigenvalue weighted by Gasteiger charge is -2.35. The number of carbonyl (C=O) groups is 1. The number of amides is 1. The predicted molar refractivity (Wildman–Crippen MR) is 142 cm³/mol. The maximum Gasteiger partial charge on any atom is 0.285 e. The van der Waals surface area contributed by atoms with Crippen LogP contribution in [0, 0.1) is 0 Å². The Morgan fingerprint density at radius 2 is 1.86 bits per heavy atom. The molecule has 2 aliphatic rings. The first kappa shape index (κ1) is 22.1. The molecule has 0 aliphatic carbocycles. The van der Waals surface area contributed by atoms with Crippen molar-refractivity contribution < 1.29 is 4.79 Å². The number of fused-ring (bicyclic) bond motifs is 1. The molecule has 1 amide bonds. The Labute approximate surface area is 211 Å². The molecule has 1 aromatic carbocycles. The molecule has 0 N–H and O–H groups in total. The van der Waals surface area contributed by atoms with Crippen LogP contribution >= 0.6 is 23.1 Å². The number of aromatic nitrogens is 4. The second-order valence-corrected chi connectivity index (χ2v) is 10.1. The average Bonchev–Trinajstić information content (AvgIpc) is 3.65. The van der Waals surface area contributed by atoms with Crippen molar-refractivity contribution in [3.63, 3.8) is 0 Å². The summed E-state index contributed by atoms with van der Waals surface area (Å²) in [6.07, 6.45) is 3.62. The largest absolute Gasteiger partial charge is 0.369 e. The van der Waals surface area contributed by atoms with E-state index in [0.29, 0.717) is 15.6 Å². The third-order valence-electron chi connectivity index (χ3n) is 6.28. The second-order valence-electron chi connectivity index (χ2n) is 8.35. The zero-order valence-electron chi connectivity index (χ0n) is 19.2. The summed E-state index contributed by atoms with van der Waals surface area (Å²) in [6.45, 7) is 7.63. The fourth-order valence-electron chi connectivity index (χ4n) is 4.30. The first-order valence-corrected chi connectivity index (χ1v) is 13.3. The van der Waals surface area contributed by atoms with E-state index in [1.807, 2.05) is 28.2 Å². The number of likely N-dealkylation sites (N-methyl/N-ethyl adjacent to an activating group) is 1. The highest BCUT2D eigenvalue weighted by atomic mass is 32.2. The number of hydrogen-bond donors (Lipinski definition) is 0. The molecule has 0 bridgehead atoms. The van der Waals surface area contributed by atoms with Crippen molar-refractivity contribution in [2.45, 2.75) is 6.92 Å². The molecule has 6 rings (SSSR count). The molecule has 5 heterocycles. The normalized spacial score (nSPS) is 18.1. The molecule has 4 aromatic rings. The fourth-order valence-corrected chi connectivity index (χ4v) is 5.77. The number of thioether (sulfide) groups is 1. The zero-order valence-corrected chi connectivity index (χ0v) is 20.8. The number of piperazine rings is 1. The Balaban J connectivity index is 1.24. The monoisotopic (exact) mass is 501 g/mol. The highest BCUT2D eigenvalue weighted by Crippen LogP contribution is 2.31. The SMILES string of the molecule is CCN1CCN(c2ccc(-c3cnc4ccc(C=C5SC(c6cscn6)=NC5=O)nn34)cc2)CC1. The molecular weight excluding hydrogens is 478 g/mol. The van der Waals surface area contributed by atoms with Gasteiger partial charge in [-0.2, -0.15) is 10.1 Å².